The smallest absolute Gasteiger partial charge is 0.222 e. The molecular weight excluding hydrogens is 278 g/mol. The van der Waals surface area contributed by atoms with Crippen LogP contribution in [-0.4, -0.2) is 27.9 Å². The number of hydrogen-bond acceptors (Lipinski definition) is 5. The summed E-state index contributed by atoms with van der Waals surface area (Å²) in [6.45, 7) is 7.33. The molecule has 3 rings (SSSR count). The third-order valence-electron chi connectivity index (χ3n) is 4.10. The summed E-state index contributed by atoms with van der Waals surface area (Å²) in [5.74, 6) is 1.62. The van der Waals surface area contributed by atoms with Gasteiger partial charge in [-0.2, -0.15) is 0 Å². The molecule has 1 saturated heterocycles. The zero-order chi connectivity index (χ0) is 15.6. The SMILES string of the molecule is CC(C)(C)[C@H]1OCC[C@@H]1c1nnc(CCc2cccnc2)o1. The van der Waals surface area contributed by atoms with Gasteiger partial charge in [0.15, 0.2) is 0 Å². The van der Waals surface area contributed by atoms with Gasteiger partial charge in [-0.25, -0.2) is 0 Å². The molecule has 1 fully saturated rings. The molecule has 2 atom stereocenters. The van der Waals surface area contributed by atoms with Crippen molar-refractivity contribution in [3.63, 3.8) is 0 Å². The molecule has 22 heavy (non-hydrogen) atoms. The quantitative estimate of drug-likeness (QED) is 0.868. The van der Waals surface area contributed by atoms with Crippen LogP contribution in [-0.2, 0) is 17.6 Å². The summed E-state index contributed by atoms with van der Waals surface area (Å²) in [4.78, 5) is 4.12. The van der Waals surface area contributed by atoms with E-state index >= 15 is 0 Å². The van der Waals surface area contributed by atoms with Crippen molar-refractivity contribution in [3.05, 3.63) is 41.9 Å². The van der Waals surface area contributed by atoms with Gasteiger partial charge in [-0.05, 0) is 29.9 Å². The van der Waals surface area contributed by atoms with Crippen LogP contribution in [0, 0.1) is 5.41 Å². The van der Waals surface area contributed by atoms with E-state index in [1.807, 2.05) is 12.3 Å². The lowest BCUT2D eigenvalue weighted by atomic mass is 9.81. The molecule has 0 aliphatic carbocycles. The second-order valence-electron chi connectivity index (χ2n) is 6.95. The lowest BCUT2D eigenvalue weighted by Gasteiger charge is -2.29. The predicted molar refractivity (Wildman–Crippen MR) is 82.5 cm³/mol. The zero-order valence-electron chi connectivity index (χ0n) is 13.5. The van der Waals surface area contributed by atoms with Crippen molar-refractivity contribution in [2.75, 3.05) is 6.61 Å². The number of aromatic nitrogens is 3. The summed E-state index contributed by atoms with van der Waals surface area (Å²) in [5.41, 5.74) is 1.25. The Morgan fingerprint density at radius 3 is 2.82 bits per heavy atom. The first-order chi connectivity index (χ1) is 10.5. The van der Waals surface area contributed by atoms with Gasteiger partial charge in [-0.1, -0.05) is 26.8 Å². The number of pyridine rings is 1. The van der Waals surface area contributed by atoms with Crippen LogP contribution in [0.5, 0.6) is 0 Å². The van der Waals surface area contributed by atoms with Gasteiger partial charge in [-0.3, -0.25) is 4.98 Å². The minimum absolute atomic E-state index is 0.0749. The van der Waals surface area contributed by atoms with E-state index in [4.69, 9.17) is 9.15 Å². The molecule has 0 saturated carbocycles. The van der Waals surface area contributed by atoms with Gasteiger partial charge in [0.1, 0.15) is 0 Å². The van der Waals surface area contributed by atoms with Crippen molar-refractivity contribution >= 4 is 0 Å². The van der Waals surface area contributed by atoms with Crippen molar-refractivity contribution in [1.82, 2.24) is 15.2 Å². The maximum absolute atomic E-state index is 5.89. The maximum atomic E-state index is 5.89. The van der Waals surface area contributed by atoms with E-state index in [1.165, 1.54) is 5.56 Å². The van der Waals surface area contributed by atoms with Crippen LogP contribution in [0.2, 0.25) is 0 Å². The molecule has 0 radical (unpaired) electrons. The highest BCUT2D eigenvalue weighted by atomic mass is 16.5. The Morgan fingerprint density at radius 2 is 2.09 bits per heavy atom. The third kappa shape index (κ3) is 3.35. The summed E-state index contributed by atoms with van der Waals surface area (Å²) in [7, 11) is 0. The predicted octanol–water partition coefficient (Wildman–Crippen LogP) is 3.17. The Morgan fingerprint density at radius 1 is 1.23 bits per heavy atom. The van der Waals surface area contributed by atoms with Crippen molar-refractivity contribution in [2.24, 2.45) is 5.41 Å². The fraction of sp³-hybridized carbons (Fsp3) is 0.588. The molecular formula is C17H23N3O2. The molecule has 0 N–H and O–H groups in total. The van der Waals surface area contributed by atoms with Gasteiger partial charge in [0.25, 0.3) is 0 Å². The van der Waals surface area contributed by atoms with Gasteiger partial charge in [0, 0.05) is 25.4 Å². The average Bonchev–Trinajstić information content (AvgIpc) is 3.14. The topological polar surface area (TPSA) is 61.0 Å². The summed E-state index contributed by atoms with van der Waals surface area (Å²) in [6.07, 6.45) is 6.34. The minimum Gasteiger partial charge on any atom is -0.425 e. The Balaban J connectivity index is 1.66. The normalized spacial score (nSPS) is 22.1. The molecule has 5 nitrogen and oxygen atoms in total. The van der Waals surface area contributed by atoms with Crippen LogP contribution in [0.25, 0.3) is 0 Å². The molecule has 2 aromatic heterocycles. The van der Waals surface area contributed by atoms with Crippen LogP contribution in [0.1, 0.15) is 50.5 Å². The standard InChI is InChI=1S/C17H23N3O2/c1-17(2,3)15-13(8-10-21-15)16-20-19-14(22-16)7-6-12-5-4-9-18-11-12/h4-5,9,11,13,15H,6-8,10H2,1-3H3/t13-,15-/m0/s1. The van der Waals surface area contributed by atoms with Crippen molar-refractivity contribution in [3.8, 4) is 0 Å². The number of hydrogen-bond donors (Lipinski definition) is 0. The number of rotatable bonds is 4. The second kappa shape index (κ2) is 6.16. The van der Waals surface area contributed by atoms with E-state index in [0.29, 0.717) is 5.89 Å². The van der Waals surface area contributed by atoms with Crippen molar-refractivity contribution < 1.29 is 9.15 Å². The third-order valence-corrected chi connectivity index (χ3v) is 4.10. The summed E-state index contributed by atoms with van der Waals surface area (Å²) < 4.78 is 11.8. The molecule has 1 aliphatic heterocycles. The van der Waals surface area contributed by atoms with E-state index in [-0.39, 0.29) is 17.4 Å². The highest BCUT2D eigenvalue weighted by Crippen LogP contribution is 2.40. The molecule has 0 bridgehead atoms. The van der Waals surface area contributed by atoms with Crippen LogP contribution >= 0.6 is 0 Å². The molecule has 0 unspecified atom stereocenters. The summed E-state index contributed by atoms with van der Waals surface area (Å²) >= 11 is 0. The van der Waals surface area contributed by atoms with Gasteiger partial charge in [0.2, 0.25) is 11.8 Å². The van der Waals surface area contributed by atoms with Crippen molar-refractivity contribution in [1.29, 1.82) is 0 Å². The lowest BCUT2D eigenvalue weighted by Crippen LogP contribution is -2.30. The number of aryl methyl sites for hydroxylation is 2. The highest BCUT2D eigenvalue weighted by Gasteiger charge is 2.40. The second-order valence-corrected chi connectivity index (χ2v) is 6.95. The largest absolute Gasteiger partial charge is 0.425 e. The fourth-order valence-corrected chi connectivity index (χ4v) is 3.01. The first-order valence-corrected chi connectivity index (χ1v) is 7.87. The minimum atomic E-state index is 0.0749. The first kappa shape index (κ1) is 15.2. The Labute approximate surface area is 131 Å². The molecule has 3 heterocycles. The summed E-state index contributed by atoms with van der Waals surface area (Å²) in [6, 6.07) is 4.00. The van der Waals surface area contributed by atoms with Gasteiger partial charge >= 0.3 is 0 Å². The molecule has 5 heteroatoms. The van der Waals surface area contributed by atoms with Crippen LogP contribution in [0.3, 0.4) is 0 Å². The monoisotopic (exact) mass is 301 g/mol. The van der Waals surface area contributed by atoms with E-state index in [0.717, 1.165) is 31.8 Å². The molecule has 118 valence electrons. The van der Waals surface area contributed by atoms with Gasteiger partial charge in [-0.15, -0.1) is 10.2 Å². The van der Waals surface area contributed by atoms with Gasteiger partial charge < -0.3 is 9.15 Å². The van der Waals surface area contributed by atoms with E-state index in [1.54, 1.807) is 6.20 Å². The van der Waals surface area contributed by atoms with Crippen LogP contribution in [0.15, 0.2) is 28.9 Å². The number of nitrogens with zero attached hydrogens (tertiary/aromatic N) is 3. The van der Waals surface area contributed by atoms with Crippen LogP contribution in [0.4, 0.5) is 0 Å². The van der Waals surface area contributed by atoms with Crippen molar-refractivity contribution in [2.45, 2.75) is 52.1 Å². The maximum Gasteiger partial charge on any atom is 0.222 e. The Kier molecular flexibility index (Phi) is 4.25. The first-order valence-electron chi connectivity index (χ1n) is 7.87. The number of ether oxygens (including phenoxy) is 1. The highest BCUT2D eigenvalue weighted by molar-refractivity contribution is 5.09. The molecule has 0 amide bonds. The van der Waals surface area contributed by atoms with E-state index in [9.17, 15) is 0 Å². The Hall–Kier alpha value is -1.75. The van der Waals surface area contributed by atoms with Crippen LogP contribution < -0.4 is 0 Å². The Bertz CT molecular complexity index is 604. The summed E-state index contributed by atoms with van der Waals surface area (Å²) in [5, 5.41) is 8.46. The average molecular weight is 301 g/mol. The molecule has 1 aliphatic rings. The molecule has 0 aromatic carbocycles. The van der Waals surface area contributed by atoms with E-state index < -0.39 is 0 Å². The lowest BCUT2D eigenvalue weighted by molar-refractivity contribution is 0.0170. The van der Waals surface area contributed by atoms with Gasteiger partial charge in [0.05, 0.1) is 12.0 Å². The molecule has 0 spiro atoms. The zero-order valence-corrected chi connectivity index (χ0v) is 13.5. The van der Waals surface area contributed by atoms with E-state index in [2.05, 4.69) is 42.0 Å². The fourth-order valence-electron chi connectivity index (χ4n) is 3.01. The molecule has 2 aromatic rings.